The summed E-state index contributed by atoms with van der Waals surface area (Å²) in [6.07, 6.45) is 2.17. The van der Waals surface area contributed by atoms with E-state index in [0.717, 1.165) is 4.90 Å². The molecule has 1 rings (SSSR count). The number of halogens is 2. The summed E-state index contributed by atoms with van der Waals surface area (Å²) in [6, 6.07) is 0. The van der Waals surface area contributed by atoms with Gasteiger partial charge in [-0.3, -0.25) is 4.90 Å². The van der Waals surface area contributed by atoms with Gasteiger partial charge in [0.05, 0.1) is 13.2 Å². The zero-order chi connectivity index (χ0) is 12.2. The van der Waals surface area contributed by atoms with Crippen LogP contribution in [0.25, 0.3) is 0 Å². The predicted molar refractivity (Wildman–Crippen MR) is 53.5 cm³/mol. The lowest BCUT2D eigenvalue weighted by Crippen LogP contribution is -2.72. The van der Waals surface area contributed by atoms with Gasteiger partial charge in [-0.15, -0.1) is 0 Å². The third-order valence-electron chi connectivity index (χ3n) is 2.17. The summed E-state index contributed by atoms with van der Waals surface area (Å²) >= 11 is 0. The van der Waals surface area contributed by atoms with Gasteiger partial charge >= 0.3 is 6.09 Å². The molecular formula is C10H15F2N2O2+. The number of quaternary nitrogens is 1. The Morgan fingerprint density at radius 2 is 2.25 bits per heavy atom. The molecule has 16 heavy (non-hydrogen) atoms. The molecule has 0 saturated heterocycles. The first-order valence-electron chi connectivity index (χ1n) is 4.94. The van der Waals surface area contributed by atoms with Gasteiger partial charge in [-0.25, -0.2) is 13.6 Å². The van der Waals surface area contributed by atoms with Gasteiger partial charge in [0.15, 0.2) is 0 Å². The van der Waals surface area contributed by atoms with Gasteiger partial charge in [0.25, 0.3) is 5.92 Å². The summed E-state index contributed by atoms with van der Waals surface area (Å²) in [5.41, 5.74) is 0. The molecule has 1 aliphatic carbocycles. The first-order valence-corrected chi connectivity index (χ1v) is 4.94. The highest BCUT2D eigenvalue weighted by Gasteiger charge is 2.47. The molecule has 0 spiro atoms. The molecule has 2 N–H and O–H groups in total. The van der Waals surface area contributed by atoms with E-state index in [0.29, 0.717) is 0 Å². The highest BCUT2D eigenvalue weighted by molar-refractivity contribution is 5.70. The highest BCUT2D eigenvalue weighted by atomic mass is 19.3. The van der Waals surface area contributed by atoms with E-state index in [4.69, 9.17) is 4.74 Å². The zero-order valence-corrected chi connectivity index (χ0v) is 9.03. The largest absolute Gasteiger partial charge is 0.445 e. The minimum atomic E-state index is -2.68. The summed E-state index contributed by atoms with van der Waals surface area (Å²) in [6.45, 7) is 3.43. The van der Waals surface area contributed by atoms with Crippen molar-refractivity contribution in [1.82, 2.24) is 4.90 Å². The summed E-state index contributed by atoms with van der Waals surface area (Å²) in [7, 11) is 1.79. The predicted octanol–water partition coefficient (Wildman–Crippen LogP) is 1.03. The van der Waals surface area contributed by atoms with Gasteiger partial charge in [-0.05, 0) is 0 Å². The molecule has 1 amide bonds. The van der Waals surface area contributed by atoms with Gasteiger partial charge in [-0.2, -0.15) is 0 Å². The molecule has 1 fully saturated rings. The zero-order valence-electron chi connectivity index (χ0n) is 9.03. The Morgan fingerprint density at radius 1 is 1.62 bits per heavy atom. The van der Waals surface area contributed by atoms with Crippen LogP contribution in [0.2, 0.25) is 0 Å². The average molecular weight is 233 g/mol. The molecule has 0 aromatic rings. The molecule has 0 aliphatic heterocycles. The Kier molecular flexibility index (Phi) is 4.00. The number of carbonyl (C=O) groups excluding carboxylic acids is 1. The molecule has 0 bridgehead atoms. The van der Waals surface area contributed by atoms with Crippen LogP contribution in [0.5, 0.6) is 0 Å². The molecular weight excluding hydrogens is 218 g/mol. The van der Waals surface area contributed by atoms with E-state index >= 15 is 0 Å². The van der Waals surface area contributed by atoms with E-state index < -0.39 is 31.0 Å². The smallest absolute Gasteiger partial charge is 0.418 e. The minimum absolute atomic E-state index is 0.395. The lowest BCUT2D eigenvalue weighted by molar-refractivity contribution is -0.557. The van der Waals surface area contributed by atoms with Crippen LogP contribution in [0.1, 0.15) is 12.8 Å². The average Bonchev–Trinajstić information content (AvgIpc) is 2.16. The molecule has 6 heteroatoms. The number of rotatable bonds is 4. The maximum Gasteiger partial charge on any atom is 0.418 e. The molecule has 0 aromatic heterocycles. The van der Waals surface area contributed by atoms with Crippen LogP contribution < -0.4 is 5.32 Å². The monoisotopic (exact) mass is 233 g/mol. The van der Waals surface area contributed by atoms with Crippen LogP contribution in [0.4, 0.5) is 13.6 Å². The summed E-state index contributed by atoms with van der Waals surface area (Å²) < 4.78 is 29.8. The number of amides is 1. The third-order valence-corrected chi connectivity index (χ3v) is 2.17. The van der Waals surface area contributed by atoms with Crippen molar-refractivity contribution in [3.05, 3.63) is 25.2 Å². The number of hydrogen-bond donors (Lipinski definition) is 1. The summed E-state index contributed by atoms with van der Waals surface area (Å²) in [4.78, 5) is 12.5. The van der Waals surface area contributed by atoms with Gasteiger partial charge in [0, 0.05) is 19.0 Å². The van der Waals surface area contributed by atoms with Crippen molar-refractivity contribution in [3.63, 3.8) is 0 Å². The van der Waals surface area contributed by atoms with Crippen LogP contribution in [0.3, 0.4) is 0 Å². The van der Waals surface area contributed by atoms with Crippen molar-refractivity contribution in [1.29, 1.82) is 0 Å². The van der Waals surface area contributed by atoms with E-state index in [1.54, 1.807) is 18.6 Å². The maximum atomic E-state index is 12.5. The van der Waals surface area contributed by atoms with Gasteiger partial charge in [0.1, 0.15) is 12.3 Å². The number of carbonyl (C=O) groups is 1. The Morgan fingerprint density at radius 3 is 2.69 bits per heavy atom. The van der Waals surface area contributed by atoms with Crippen molar-refractivity contribution >= 4 is 6.09 Å². The molecule has 1 saturated carbocycles. The van der Waals surface area contributed by atoms with E-state index in [1.165, 1.54) is 12.4 Å². The van der Waals surface area contributed by atoms with Crippen molar-refractivity contribution < 1.29 is 23.6 Å². The van der Waals surface area contributed by atoms with E-state index in [9.17, 15) is 13.6 Å². The fourth-order valence-electron chi connectivity index (χ4n) is 1.27. The standard InChI is InChI=1S/C10H14F2N2O2/c1-3-14(5-4-13-2)9(15)16-8-6-10(11,12)7-8/h3-5,8,13H,1,6-7H2,2H3/p+1/b5-4-. The molecule has 0 atom stereocenters. The van der Waals surface area contributed by atoms with E-state index in [-0.39, 0.29) is 0 Å². The van der Waals surface area contributed by atoms with Gasteiger partial charge < -0.3 is 10.1 Å². The molecule has 0 heterocycles. The van der Waals surface area contributed by atoms with Crippen LogP contribution >= 0.6 is 0 Å². The number of hydrogen-bond acceptors (Lipinski definition) is 2. The summed E-state index contributed by atoms with van der Waals surface area (Å²) in [5, 5.41) is 1.72. The van der Waals surface area contributed by atoms with Crippen LogP contribution in [-0.2, 0) is 4.74 Å². The second-order valence-electron chi connectivity index (χ2n) is 3.53. The quantitative estimate of drug-likeness (QED) is 0.788. The first-order chi connectivity index (χ1) is 7.48. The first kappa shape index (κ1) is 12.6. The lowest BCUT2D eigenvalue weighted by atomic mass is 9.91. The number of alkyl halides is 2. The second-order valence-corrected chi connectivity index (χ2v) is 3.53. The number of ether oxygens (including phenoxy) is 1. The Labute approximate surface area is 92.6 Å². The normalized spacial score (nSPS) is 19.2. The van der Waals surface area contributed by atoms with Crippen molar-refractivity contribution in [3.8, 4) is 0 Å². The Bertz CT molecular complexity index is 297. The van der Waals surface area contributed by atoms with Crippen LogP contribution in [-0.4, -0.2) is 30.1 Å². The molecule has 0 aromatic carbocycles. The minimum Gasteiger partial charge on any atom is -0.445 e. The maximum absolute atomic E-state index is 12.5. The van der Waals surface area contributed by atoms with E-state index in [2.05, 4.69) is 6.58 Å². The Balaban J connectivity index is 2.39. The number of nitrogens with two attached hydrogens (primary N) is 1. The molecule has 90 valence electrons. The molecule has 1 aliphatic rings. The number of nitrogens with zero attached hydrogens (tertiary/aromatic N) is 1. The molecule has 0 radical (unpaired) electrons. The third kappa shape index (κ3) is 3.30. The van der Waals surface area contributed by atoms with Crippen LogP contribution in [0.15, 0.2) is 25.2 Å². The molecule has 0 unspecified atom stereocenters. The fraction of sp³-hybridized carbons (Fsp3) is 0.500. The van der Waals surface area contributed by atoms with Gasteiger partial charge in [0.2, 0.25) is 0 Å². The van der Waals surface area contributed by atoms with Crippen molar-refractivity contribution in [2.45, 2.75) is 24.9 Å². The SMILES string of the molecule is C=CN(/C=C\[NH2+]C)C(=O)OC1CC(F)(F)C1. The van der Waals surface area contributed by atoms with Crippen LogP contribution in [0, 0.1) is 0 Å². The lowest BCUT2D eigenvalue weighted by Gasteiger charge is -2.34. The highest BCUT2D eigenvalue weighted by Crippen LogP contribution is 2.39. The summed E-state index contributed by atoms with van der Waals surface area (Å²) in [5.74, 6) is -2.68. The second kappa shape index (κ2) is 5.07. The van der Waals surface area contributed by atoms with Crippen molar-refractivity contribution in [2.24, 2.45) is 0 Å². The van der Waals surface area contributed by atoms with Crippen molar-refractivity contribution in [2.75, 3.05) is 7.05 Å². The Hall–Kier alpha value is -1.43. The fourth-order valence-corrected chi connectivity index (χ4v) is 1.27. The van der Waals surface area contributed by atoms with Gasteiger partial charge in [-0.1, -0.05) is 6.58 Å². The van der Waals surface area contributed by atoms with E-state index in [1.807, 2.05) is 0 Å². The molecule has 4 nitrogen and oxygen atoms in total. The topological polar surface area (TPSA) is 46.2 Å².